The Morgan fingerprint density at radius 2 is 1.86 bits per heavy atom. The Labute approximate surface area is 133 Å². The van der Waals surface area contributed by atoms with E-state index >= 15 is 0 Å². The minimum atomic E-state index is -2.84. The summed E-state index contributed by atoms with van der Waals surface area (Å²) in [6.07, 6.45) is 3.02. The Morgan fingerprint density at radius 3 is 2.57 bits per heavy atom. The topological polar surface area (TPSA) is 34.1 Å². The molecule has 2 unspecified atom stereocenters. The molecule has 0 saturated carbocycles. The molecule has 0 bridgehead atoms. The predicted molar refractivity (Wildman–Crippen MR) is 89.8 cm³/mol. The molecule has 0 aromatic heterocycles. The first-order valence-corrected chi connectivity index (χ1v) is 10.2. The molecule has 0 amide bonds. The van der Waals surface area contributed by atoms with Crippen LogP contribution >= 0.6 is 15.9 Å². The van der Waals surface area contributed by atoms with E-state index in [0.717, 1.165) is 19.3 Å². The van der Waals surface area contributed by atoms with Gasteiger partial charge in [0.15, 0.2) is 9.84 Å². The minimum absolute atomic E-state index is 0.125. The van der Waals surface area contributed by atoms with Crippen LogP contribution in [-0.2, 0) is 22.7 Å². The summed E-state index contributed by atoms with van der Waals surface area (Å²) < 4.78 is 23.5. The van der Waals surface area contributed by atoms with Crippen LogP contribution in [0.5, 0.6) is 0 Å². The Balaban J connectivity index is 1.81. The van der Waals surface area contributed by atoms with Gasteiger partial charge < -0.3 is 0 Å². The van der Waals surface area contributed by atoms with Gasteiger partial charge in [-0.15, -0.1) is 0 Å². The van der Waals surface area contributed by atoms with Gasteiger partial charge in [-0.3, -0.25) is 0 Å². The second-order valence-corrected chi connectivity index (χ2v) is 9.43. The molecule has 4 heteroatoms. The fraction of sp³-hybridized carbons (Fsp3) is 0.412. The van der Waals surface area contributed by atoms with Gasteiger partial charge in [0.25, 0.3) is 0 Å². The fourth-order valence-corrected chi connectivity index (χ4v) is 6.76. The molecule has 2 nitrogen and oxygen atoms in total. The maximum absolute atomic E-state index is 11.7. The molecule has 0 radical (unpaired) electrons. The zero-order chi connectivity index (χ0) is 14.6. The third-order valence-corrected chi connectivity index (χ3v) is 7.92. The molecule has 1 fully saturated rings. The smallest absolute Gasteiger partial charge is 0.150 e. The van der Waals surface area contributed by atoms with Crippen LogP contribution < -0.4 is 0 Å². The van der Waals surface area contributed by atoms with Crippen molar-refractivity contribution in [3.05, 3.63) is 47.0 Å². The van der Waals surface area contributed by atoms with E-state index in [1.165, 1.54) is 27.5 Å². The number of benzene rings is 2. The van der Waals surface area contributed by atoms with Gasteiger partial charge in [0, 0.05) is 4.83 Å². The van der Waals surface area contributed by atoms with Crippen molar-refractivity contribution in [2.75, 3.05) is 11.5 Å². The third-order valence-electron chi connectivity index (χ3n) is 4.89. The van der Waals surface area contributed by atoms with E-state index in [1.54, 1.807) is 0 Å². The summed E-state index contributed by atoms with van der Waals surface area (Å²) in [5.41, 5.74) is 4.12. The van der Waals surface area contributed by atoms with E-state index in [2.05, 4.69) is 46.3 Å². The molecule has 2 aromatic rings. The van der Waals surface area contributed by atoms with Crippen LogP contribution in [0.25, 0.3) is 10.8 Å². The first kappa shape index (κ1) is 13.8. The van der Waals surface area contributed by atoms with Gasteiger partial charge in [0.1, 0.15) is 0 Å². The highest BCUT2D eigenvalue weighted by molar-refractivity contribution is 9.09. The highest BCUT2D eigenvalue weighted by Gasteiger charge is 2.34. The monoisotopic (exact) mass is 364 g/mol. The normalized spacial score (nSPS) is 24.5. The van der Waals surface area contributed by atoms with Gasteiger partial charge >= 0.3 is 0 Å². The Bertz CT molecular complexity index is 816. The lowest BCUT2D eigenvalue weighted by Crippen LogP contribution is -2.10. The second-order valence-electron chi connectivity index (χ2n) is 6.22. The molecule has 1 aliphatic heterocycles. The zero-order valence-electron chi connectivity index (χ0n) is 11.7. The maximum atomic E-state index is 11.7. The van der Waals surface area contributed by atoms with Gasteiger partial charge in [0.05, 0.1) is 11.5 Å². The summed E-state index contributed by atoms with van der Waals surface area (Å²) in [5, 5.41) is 2.70. The van der Waals surface area contributed by atoms with E-state index in [0.29, 0.717) is 11.5 Å². The number of sulfone groups is 1. The van der Waals surface area contributed by atoms with Crippen LogP contribution in [0, 0.1) is 5.92 Å². The summed E-state index contributed by atoms with van der Waals surface area (Å²) in [7, 11) is -2.84. The number of hydrogen-bond donors (Lipinski definition) is 0. The van der Waals surface area contributed by atoms with Gasteiger partial charge in [-0.25, -0.2) is 8.42 Å². The van der Waals surface area contributed by atoms with Crippen LogP contribution in [0.2, 0.25) is 0 Å². The molecule has 2 atom stereocenters. The van der Waals surface area contributed by atoms with Gasteiger partial charge in [0.2, 0.25) is 0 Å². The van der Waals surface area contributed by atoms with E-state index in [4.69, 9.17) is 0 Å². The number of alkyl halides is 1. The molecule has 1 saturated heterocycles. The Kier molecular flexibility index (Phi) is 3.16. The zero-order valence-corrected chi connectivity index (χ0v) is 14.1. The Morgan fingerprint density at radius 1 is 1.10 bits per heavy atom. The van der Waals surface area contributed by atoms with Crippen molar-refractivity contribution in [3.8, 4) is 0 Å². The van der Waals surface area contributed by atoms with Crippen molar-refractivity contribution in [1.29, 1.82) is 0 Å². The highest BCUT2D eigenvalue weighted by atomic mass is 79.9. The molecule has 4 rings (SSSR count). The van der Waals surface area contributed by atoms with E-state index in [-0.39, 0.29) is 10.7 Å². The van der Waals surface area contributed by atoms with Crippen molar-refractivity contribution in [2.45, 2.75) is 24.1 Å². The summed E-state index contributed by atoms with van der Waals surface area (Å²) in [5.74, 6) is 0.834. The number of aryl methyl sites for hydroxylation is 2. The standard InChI is InChI=1S/C17H17BrO2S/c18-17(13-8-9-21(19,20)10-13)15-7-6-12-5-4-11-2-1-3-14(15)16(11)12/h1-3,6-7,13,17H,4-5,8-10H2. The molecular weight excluding hydrogens is 348 g/mol. The number of rotatable bonds is 2. The summed E-state index contributed by atoms with van der Waals surface area (Å²) in [4.78, 5) is 0.125. The number of hydrogen-bond acceptors (Lipinski definition) is 2. The first-order valence-electron chi connectivity index (χ1n) is 7.43. The highest BCUT2D eigenvalue weighted by Crippen LogP contribution is 2.43. The van der Waals surface area contributed by atoms with E-state index in [9.17, 15) is 8.42 Å². The molecule has 1 aliphatic carbocycles. The molecule has 1 heterocycles. The molecule has 2 aromatic carbocycles. The van der Waals surface area contributed by atoms with E-state index in [1.807, 2.05) is 0 Å². The van der Waals surface area contributed by atoms with Crippen LogP contribution in [0.4, 0.5) is 0 Å². The average Bonchev–Trinajstić information content (AvgIpc) is 3.04. The van der Waals surface area contributed by atoms with Gasteiger partial charge in [-0.05, 0) is 52.6 Å². The third kappa shape index (κ3) is 2.23. The molecule has 2 aliphatic rings. The molecule has 110 valence electrons. The largest absolute Gasteiger partial charge is 0.229 e. The van der Waals surface area contributed by atoms with Crippen molar-refractivity contribution in [2.24, 2.45) is 5.92 Å². The second kappa shape index (κ2) is 4.82. The van der Waals surface area contributed by atoms with Crippen molar-refractivity contribution in [1.82, 2.24) is 0 Å². The lowest BCUT2D eigenvalue weighted by molar-refractivity contribution is 0.581. The Hall–Kier alpha value is -0.870. The van der Waals surface area contributed by atoms with Gasteiger partial charge in [-0.2, -0.15) is 0 Å². The van der Waals surface area contributed by atoms with E-state index < -0.39 is 9.84 Å². The fourth-order valence-electron chi connectivity index (χ4n) is 3.82. The molecule has 0 N–H and O–H groups in total. The van der Waals surface area contributed by atoms with Crippen LogP contribution in [0.3, 0.4) is 0 Å². The lowest BCUT2D eigenvalue weighted by atomic mass is 9.92. The maximum Gasteiger partial charge on any atom is 0.150 e. The predicted octanol–water partition coefficient (Wildman–Crippen LogP) is 3.81. The minimum Gasteiger partial charge on any atom is -0.229 e. The first-order chi connectivity index (χ1) is 10.1. The van der Waals surface area contributed by atoms with Crippen molar-refractivity contribution in [3.63, 3.8) is 0 Å². The van der Waals surface area contributed by atoms with Crippen molar-refractivity contribution < 1.29 is 8.42 Å². The SMILES string of the molecule is O=S1(=O)CCC(C(Br)c2ccc3c4c(cccc24)CC3)C1. The molecule has 0 spiro atoms. The summed E-state index contributed by atoms with van der Waals surface area (Å²) in [6.45, 7) is 0. The quantitative estimate of drug-likeness (QED) is 0.759. The van der Waals surface area contributed by atoms with Gasteiger partial charge in [-0.1, -0.05) is 46.3 Å². The lowest BCUT2D eigenvalue weighted by Gasteiger charge is -2.19. The van der Waals surface area contributed by atoms with Crippen LogP contribution in [-0.4, -0.2) is 19.9 Å². The summed E-state index contributed by atoms with van der Waals surface area (Å²) in [6, 6.07) is 10.9. The van der Waals surface area contributed by atoms with Crippen LogP contribution in [0.15, 0.2) is 30.3 Å². The summed E-state index contributed by atoms with van der Waals surface area (Å²) >= 11 is 3.79. The van der Waals surface area contributed by atoms with Crippen molar-refractivity contribution >= 4 is 36.5 Å². The van der Waals surface area contributed by atoms with Crippen LogP contribution in [0.1, 0.15) is 27.9 Å². The number of halogens is 1. The molecule has 21 heavy (non-hydrogen) atoms. The molecular formula is C17H17BrO2S. The average molecular weight is 365 g/mol.